The molecule has 3 heterocycles. The number of carbonyl (C=O) groups is 1. The molecule has 9 heteroatoms. The minimum Gasteiger partial charge on any atom is -0.396 e. The van der Waals surface area contributed by atoms with Crippen LogP contribution < -0.4 is 5.32 Å². The summed E-state index contributed by atoms with van der Waals surface area (Å²) in [6.45, 7) is 9.69. The number of rotatable bonds is 9. The Bertz CT molecular complexity index is 1520. The number of aromatic nitrogens is 1. The molecule has 3 aromatic rings. The lowest BCUT2D eigenvalue weighted by Gasteiger charge is -2.30. The predicted molar refractivity (Wildman–Crippen MR) is 170 cm³/mol. The SMILES string of the molecule is CC(C)(C)[S@](=O)N1Cc2cc(C(=O)NCCN3CCCCC3)nc(-c3cccc(-c4ccc(C#N)cc4)c3)c2[C@@H]1CCO. The predicted octanol–water partition coefficient (Wildman–Crippen LogP) is 5.20. The van der Waals surface area contributed by atoms with Crippen LogP contribution >= 0.6 is 0 Å². The van der Waals surface area contributed by atoms with Crippen molar-refractivity contribution in [2.24, 2.45) is 0 Å². The number of nitrogens with zero attached hydrogens (tertiary/aromatic N) is 4. The lowest BCUT2D eigenvalue weighted by Crippen LogP contribution is -2.37. The molecular formula is C34H41N5O3S. The Morgan fingerprint density at radius 3 is 2.47 bits per heavy atom. The number of nitriles is 1. The number of pyridine rings is 1. The van der Waals surface area contributed by atoms with E-state index in [0.29, 0.717) is 36.5 Å². The Hall–Kier alpha value is -3.42. The molecule has 5 rings (SSSR count). The first-order chi connectivity index (χ1) is 20.7. The van der Waals surface area contributed by atoms with Crippen molar-refractivity contribution in [2.45, 2.75) is 63.8 Å². The molecule has 8 nitrogen and oxygen atoms in total. The number of aliphatic hydroxyl groups is 1. The largest absolute Gasteiger partial charge is 0.396 e. The van der Waals surface area contributed by atoms with E-state index < -0.39 is 15.7 Å². The van der Waals surface area contributed by atoms with Crippen molar-refractivity contribution in [1.29, 1.82) is 5.26 Å². The van der Waals surface area contributed by atoms with Crippen LogP contribution in [0.4, 0.5) is 0 Å². The molecule has 0 unspecified atom stereocenters. The van der Waals surface area contributed by atoms with Crippen molar-refractivity contribution >= 4 is 16.9 Å². The third-order valence-corrected chi connectivity index (χ3v) is 10.0. The lowest BCUT2D eigenvalue weighted by molar-refractivity contribution is 0.0941. The first kappa shape index (κ1) is 31.0. The topological polar surface area (TPSA) is 110 Å². The molecule has 1 fully saturated rings. The van der Waals surface area contributed by atoms with E-state index in [1.165, 1.54) is 19.3 Å². The number of amides is 1. The van der Waals surface area contributed by atoms with Gasteiger partial charge >= 0.3 is 0 Å². The highest BCUT2D eigenvalue weighted by Crippen LogP contribution is 2.44. The number of benzene rings is 2. The molecule has 43 heavy (non-hydrogen) atoms. The molecule has 2 atom stereocenters. The Morgan fingerprint density at radius 2 is 1.79 bits per heavy atom. The van der Waals surface area contributed by atoms with Crippen molar-refractivity contribution in [1.82, 2.24) is 19.5 Å². The number of carbonyl (C=O) groups excluding carboxylic acids is 1. The van der Waals surface area contributed by atoms with E-state index in [0.717, 1.165) is 47.5 Å². The van der Waals surface area contributed by atoms with Crippen molar-refractivity contribution in [3.63, 3.8) is 0 Å². The first-order valence-electron chi connectivity index (χ1n) is 15.1. The Kier molecular flexibility index (Phi) is 9.72. The van der Waals surface area contributed by atoms with Crippen molar-refractivity contribution in [3.8, 4) is 28.5 Å². The van der Waals surface area contributed by atoms with Gasteiger partial charge < -0.3 is 15.3 Å². The summed E-state index contributed by atoms with van der Waals surface area (Å²) in [6, 6.07) is 19.1. The van der Waals surface area contributed by atoms with Crippen LogP contribution in [-0.2, 0) is 17.5 Å². The summed E-state index contributed by atoms with van der Waals surface area (Å²) in [5.41, 5.74) is 6.18. The highest BCUT2D eigenvalue weighted by atomic mass is 32.2. The minimum atomic E-state index is -1.34. The van der Waals surface area contributed by atoms with Gasteiger partial charge in [-0.05, 0) is 94.1 Å². The number of fused-ring (bicyclic) bond motifs is 1. The third kappa shape index (κ3) is 7.05. The van der Waals surface area contributed by atoms with Crippen molar-refractivity contribution in [2.75, 3.05) is 32.8 Å². The Morgan fingerprint density at radius 1 is 1.07 bits per heavy atom. The van der Waals surface area contributed by atoms with Crippen LogP contribution in [0, 0.1) is 11.3 Å². The average molecular weight is 600 g/mol. The van der Waals surface area contributed by atoms with Gasteiger partial charge in [-0.25, -0.2) is 13.5 Å². The molecule has 0 radical (unpaired) electrons. The molecule has 226 valence electrons. The number of aliphatic hydroxyl groups excluding tert-OH is 1. The normalized spacial score (nSPS) is 18.2. The quantitative estimate of drug-likeness (QED) is 0.350. The molecular weight excluding hydrogens is 558 g/mol. The summed E-state index contributed by atoms with van der Waals surface area (Å²) < 4.78 is 15.1. The van der Waals surface area contributed by atoms with Gasteiger partial charge in [-0.15, -0.1) is 0 Å². The highest BCUT2D eigenvalue weighted by molar-refractivity contribution is 7.84. The number of nitrogens with one attached hydrogen (secondary N) is 1. The summed E-state index contributed by atoms with van der Waals surface area (Å²) in [5.74, 6) is -0.224. The summed E-state index contributed by atoms with van der Waals surface area (Å²) in [5, 5.41) is 22.4. The van der Waals surface area contributed by atoms with E-state index in [4.69, 9.17) is 4.98 Å². The van der Waals surface area contributed by atoms with Gasteiger partial charge in [-0.1, -0.05) is 36.8 Å². The van der Waals surface area contributed by atoms with E-state index in [1.807, 2.05) is 67.5 Å². The van der Waals surface area contributed by atoms with Crippen molar-refractivity contribution < 1.29 is 14.1 Å². The number of likely N-dealkylation sites (tertiary alicyclic amines) is 1. The molecule has 0 aliphatic carbocycles. The second kappa shape index (κ2) is 13.5. The van der Waals surface area contributed by atoms with Crippen LogP contribution in [0.15, 0.2) is 54.6 Å². The van der Waals surface area contributed by atoms with Crippen molar-refractivity contribution in [3.05, 3.63) is 77.0 Å². The maximum Gasteiger partial charge on any atom is 0.269 e. The summed E-state index contributed by atoms with van der Waals surface area (Å²) in [7, 11) is -1.34. The number of hydrogen-bond acceptors (Lipinski definition) is 6. The fourth-order valence-electron chi connectivity index (χ4n) is 5.99. The van der Waals surface area contributed by atoms with Crippen LogP contribution in [0.5, 0.6) is 0 Å². The molecule has 0 spiro atoms. The minimum absolute atomic E-state index is 0.0641. The highest BCUT2D eigenvalue weighted by Gasteiger charge is 2.40. The van der Waals surface area contributed by atoms with E-state index >= 15 is 0 Å². The van der Waals surface area contributed by atoms with Crippen LogP contribution in [0.1, 0.15) is 79.7 Å². The second-order valence-electron chi connectivity index (χ2n) is 12.3. The van der Waals surface area contributed by atoms with Gasteiger partial charge in [0, 0.05) is 37.4 Å². The molecule has 0 saturated carbocycles. The van der Waals surface area contributed by atoms with Gasteiger partial charge in [0.1, 0.15) is 16.7 Å². The zero-order chi connectivity index (χ0) is 30.6. The van der Waals surface area contributed by atoms with Gasteiger partial charge in [0.05, 0.1) is 28.1 Å². The van der Waals surface area contributed by atoms with Gasteiger partial charge in [0.25, 0.3) is 5.91 Å². The zero-order valence-electron chi connectivity index (χ0n) is 25.3. The Balaban J connectivity index is 1.53. The fourth-order valence-corrected chi connectivity index (χ4v) is 7.39. The molecule has 0 bridgehead atoms. The maximum absolute atomic E-state index is 13.7. The molecule has 2 aliphatic rings. The molecule has 1 aromatic heterocycles. The molecule has 2 aromatic carbocycles. The summed E-state index contributed by atoms with van der Waals surface area (Å²) >= 11 is 0. The van der Waals surface area contributed by atoms with Gasteiger partial charge in [-0.3, -0.25) is 4.79 Å². The maximum atomic E-state index is 13.7. The zero-order valence-corrected chi connectivity index (χ0v) is 26.1. The van der Waals surface area contributed by atoms with E-state index in [1.54, 1.807) is 12.1 Å². The van der Waals surface area contributed by atoms with Crippen LogP contribution in [0.2, 0.25) is 0 Å². The Labute approximate surface area is 257 Å². The molecule has 1 saturated heterocycles. The van der Waals surface area contributed by atoms with Crippen LogP contribution in [0.3, 0.4) is 0 Å². The average Bonchev–Trinajstić information content (AvgIpc) is 3.38. The van der Waals surface area contributed by atoms with Crippen LogP contribution in [0.25, 0.3) is 22.4 Å². The standard InChI is InChI=1S/C34H41N5O3S/c1-34(2,3)43(42)39-23-28-21-29(33(41)36-15-18-38-16-5-4-6-17-38)37-32(31(28)30(39)14-19-40)27-9-7-8-26(20-27)25-12-10-24(22-35)11-13-25/h7-13,20-21,30,40H,4-6,14-19,23H2,1-3H3,(H,36,41)/t30-,43-/m0/s1. The van der Waals surface area contributed by atoms with Gasteiger partial charge in [0.2, 0.25) is 0 Å². The first-order valence-corrected chi connectivity index (χ1v) is 16.2. The van der Waals surface area contributed by atoms with E-state index in [2.05, 4.69) is 16.3 Å². The molecule has 2 N–H and O–H groups in total. The summed E-state index contributed by atoms with van der Waals surface area (Å²) in [6.07, 6.45) is 4.07. The second-order valence-corrected chi connectivity index (χ2v) is 14.5. The molecule has 1 amide bonds. The molecule has 2 aliphatic heterocycles. The van der Waals surface area contributed by atoms with E-state index in [9.17, 15) is 19.4 Å². The van der Waals surface area contributed by atoms with E-state index in [-0.39, 0.29) is 18.6 Å². The van der Waals surface area contributed by atoms with Crippen LogP contribution in [-0.4, -0.2) is 66.9 Å². The van der Waals surface area contributed by atoms with Gasteiger partial charge in [0.15, 0.2) is 0 Å². The lowest BCUT2D eigenvalue weighted by atomic mass is 9.94. The number of hydrogen-bond donors (Lipinski definition) is 2. The smallest absolute Gasteiger partial charge is 0.269 e. The third-order valence-electron chi connectivity index (χ3n) is 8.17. The monoisotopic (exact) mass is 599 g/mol. The fraction of sp³-hybridized carbons (Fsp3) is 0.441. The number of piperidine rings is 1. The van der Waals surface area contributed by atoms with Gasteiger partial charge in [-0.2, -0.15) is 5.26 Å². The summed E-state index contributed by atoms with van der Waals surface area (Å²) in [4.78, 5) is 20.8.